The highest BCUT2D eigenvalue weighted by Crippen LogP contribution is 2.07. The van der Waals surface area contributed by atoms with E-state index >= 15 is 0 Å². The topological polar surface area (TPSA) is 39.7 Å². The minimum atomic E-state index is -0.211. The molecule has 0 fully saturated rings. The molecule has 136 valence electrons. The summed E-state index contributed by atoms with van der Waals surface area (Å²) in [7, 11) is 5.82. The quantitative estimate of drug-likeness (QED) is 0.398. The van der Waals surface area contributed by atoms with E-state index in [0.717, 1.165) is 6.54 Å². The molecule has 0 spiro atoms. The molecule has 0 aliphatic heterocycles. The first-order chi connectivity index (χ1) is 11.6. The lowest BCUT2D eigenvalue weighted by Gasteiger charge is -2.13. The lowest BCUT2D eigenvalue weighted by atomic mass is 10.1. The van der Waals surface area contributed by atoms with Gasteiger partial charge in [0.15, 0.2) is 5.96 Å². The molecule has 2 rings (SSSR count). The van der Waals surface area contributed by atoms with Crippen LogP contribution in [-0.2, 0) is 19.6 Å². The predicted octanol–water partition coefficient (Wildman–Crippen LogP) is 3.37. The Morgan fingerprint density at radius 2 is 1.56 bits per heavy atom. The number of guanidine groups is 1. The van der Waals surface area contributed by atoms with Crippen LogP contribution in [0.5, 0.6) is 0 Å². The second-order valence-corrected chi connectivity index (χ2v) is 5.93. The van der Waals surface area contributed by atoms with Crippen LogP contribution in [0.4, 0.5) is 4.39 Å². The molecule has 0 radical (unpaired) electrons. The minimum Gasteiger partial charge on any atom is -0.352 e. The van der Waals surface area contributed by atoms with E-state index in [4.69, 9.17) is 0 Å². The third-order valence-corrected chi connectivity index (χ3v) is 3.61. The second-order valence-electron chi connectivity index (χ2n) is 5.93. The van der Waals surface area contributed by atoms with E-state index in [-0.39, 0.29) is 29.8 Å². The molecule has 0 amide bonds. The fourth-order valence-corrected chi connectivity index (χ4v) is 2.35. The van der Waals surface area contributed by atoms with Gasteiger partial charge in [-0.15, -0.1) is 24.0 Å². The molecule has 0 aliphatic carbocycles. The average molecular weight is 456 g/mol. The fourth-order valence-electron chi connectivity index (χ4n) is 2.35. The normalized spacial score (nSPS) is 11.2. The summed E-state index contributed by atoms with van der Waals surface area (Å²) >= 11 is 0. The van der Waals surface area contributed by atoms with Gasteiger partial charge in [0, 0.05) is 32.2 Å². The molecule has 0 aliphatic rings. The van der Waals surface area contributed by atoms with Gasteiger partial charge in [0.2, 0.25) is 0 Å². The number of hydrogen-bond acceptors (Lipinski definition) is 2. The van der Waals surface area contributed by atoms with E-state index in [1.807, 2.05) is 6.07 Å². The number of aliphatic imine (C=N–C) groups is 1. The molecule has 2 aromatic rings. The first-order valence-electron chi connectivity index (χ1n) is 7.99. The van der Waals surface area contributed by atoms with Gasteiger partial charge < -0.3 is 15.5 Å². The fraction of sp³-hybridized carbons (Fsp3) is 0.316. The number of halogens is 2. The Morgan fingerprint density at radius 1 is 0.960 bits per heavy atom. The minimum absolute atomic E-state index is 0. The molecule has 0 saturated heterocycles. The molecule has 0 heterocycles. The van der Waals surface area contributed by atoms with Crippen molar-refractivity contribution in [3.63, 3.8) is 0 Å². The Bertz CT molecular complexity index is 671. The lowest BCUT2D eigenvalue weighted by molar-refractivity contribution is 0.402. The van der Waals surface area contributed by atoms with Gasteiger partial charge in [0.1, 0.15) is 5.82 Å². The van der Waals surface area contributed by atoms with E-state index in [2.05, 4.69) is 58.9 Å². The summed E-state index contributed by atoms with van der Waals surface area (Å²) in [5.41, 5.74) is 3.07. The van der Waals surface area contributed by atoms with E-state index < -0.39 is 0 Å². The van der Waals surface area contributed by atoms with Gasteiger partial charge in [0.25, 0.3) is 0 Å². The van der Waals surface area contributed by atoms with Crippen molar-refractivity contribution in [3.05, 3.63) is 71.0 Å². The summed E-state index contributed by atoms with van der Waals surface area (Å²) in [6.07, 6.45) is 0. The lowest BCUT2D eigenvalue weighted by Crippen LogP contribution is -2.36. The average Bonchev–Trinajstić information content (AvgIpc) is 2.57. The van der Waals surface area contributed by atoms with Crippen molar-refractivity contribution < 1.29 is 4.39 Å². The maximum Gasteiger partial charge on any atom is 0.191 e. The Balaban J connectivity index is 0.00000312. The van der Waals surface area contributed by atoms with Crippen LogP contribution in [0.3, 0.4) is 0 Å². The molecule has 2 N–H and O–H groups in total. The summed E-state index contributed by atoms with van der Waals surface area (Å²) in [5.74, 6) is 0.438. The summed E-state index contributed by atoms with van der Waals surface area (Å²) in [5, 5.41) is 6.37. The monoisotopic (exact) mass is 456 g/mol. The van der Waals surface area contributed by atoms with Crippen LogP contribution in [0.1, 0.15) is 16.7 Å². The highest BCUT2D eigenvalue weighted by molar-refractivity contribution is 14.0. The third-order valence-electron chi connectivity index (χ3n) is 3.61. The molecular formula is C19H26FIN4. The Kier molecular flexibility index (Phi) is 9.44. The summed E-state index contributed by atoms with van der Waals surface area (Å²) < 4.78 is 13.6. The second kappa shape index (κ2) is 11.0. The van der Waals surface area contributed by atoms with Crippen molar-refractivity contribution in [1.82, 2.24) is 15.5 Å². The smallest absolute Gasteiger partial charge is 0.191 e. The first kappa shape index (κ1) is 21.4. The van der Waals surface area contributed by atoms with E-state index in [9.17, 15) is 4.39 Å². The molecular weight excluding hydrogens is 430 g/mol. The molecule has 6 heteroatoms. The first-order valence-corrected chi connectivity index (χ1v) is 7.99. The van der Waals surface area contributed by atoms with Crippen LogP contribution >= 0.6 is 24.0 Å². The molecule has 4 nitrogen and oxygen atoms in total. The van der Waals surface area contributed by atoms with Gasteiger partial charge in [-0.2, -0.15) is 0 Å². The van der Waals surface area contributed by atoms with Crippen molar-refractivity contribution in [2.24, 2.45) is 4.99 Å². The van der Waals surface area contributed by atoms with Gasteiger partial charge in [-0.25, -0.2) is 4.39 Å². The van der Waals surface area contributed by atoms with E-state index in [1.165, 1.54) is 17.2 Å². The Labute approximate surface area is 166 Å². The van der Waals surface area contributed by atoms with Gasteiger partial charge in [-0.05, 0) is 31.3 Å². The zero-order valence-electron chi connectivity index (χ0n) is 14.9. The third kappa shape index (κ3) is 7.39. The number of hydrogen-bond donors (Lipinski definition) is 2. The number of rotatable bonds is 6. The number of nitrogens with one attached hydrogen (secondary N) is 2. The summed E-state index contributed by atoms with van der Waals surface area (Å²) in [6, 6.07) is 15.2. The molecule has 0 unspecified atom stereocenters. The molecule has 2 aromatic carbocycles. The van der Waals surface area contributed by atoms with Crippen molar-refractivity contribution >= 4 is 29.9 Å². The Morgan fingerprint density at radius 3 is 2.16 bits per heavy atom. The van der Waals surface area contributed by atoms with Crippen molar-refractivity contribution in [2.45, 2.75) is 19.6 Å². The maximum atomic E-state index is 13.6. The van der Waals surface area contributed by atoms with Crippen LogP contribution in [0.25, 0.3) is 0 Å². The highest BCUT2D eigenvalue weighted by atomic mass is 127. The van der Waals surface area contributed by atoms with Crippen LogP contribution < -0.4 is 10.6 Å². The predicted molar refractivity (Wildman–Crippen MR) is 113 cm³/mol. The van der Waals surface area contributed by atoms with Crippen molar-refractivity contribution in [1.29, 1.82) is 0 Å². The molecule has 0 aromatic heterocycles. The van der Waals surface area contributed by atoms with E-state index in [1.54, 1.807) is 19.2 Å². The summed E-state index contributed by atoms with van der Waals surface area (Å²) in [6.45, 7) is 1.99. The molecule has 0 bridgehead atoms. The zero-order valence-corrected chi connectivity index (χ0v) is 17.3. The van der Waals surface area contributed by atoms with Crippen molar-refractivity contribution in [2.75, 3.05) is 21.1 Å². The van der Waals surface area contributed by atoms with Gasteiger partial charge >= 0.3 is 0 Å². The number of benzene rings is 2. The number of nitrogens with zero attached hydrogens (tertiary/aromatic N) is 2. The van der Waals surface area contributed by atoms with Crippen molar-refractivity contribution in [3.8, 4) is 0 Å². The van der Waals surface area contributed by atoms with Crippen LogP contribution in [0.15, 0.2) is 53.5 Å². The standard InChI is InChI=1S/C19H25FN4.HI/c1-21-19(23-13-17-6-4-5-7-18(17)20)22-12-15-8-10-16(11-9-15)14-24(2)3;/h4-11H,12-14H2,1-3H3,(H2,21,22,23);1H. The van der Waals surface area contributed by atoms with E-state index in [0.29, 0.717) is 24.6 Å². The van der Waals surface area contributed by atoms with Crippen LogP contribution in [-0.4, -0.2) is 32.0 Å². The molecule has 0 saturated carbocycles. The summed E-state index contributed by atoms with van der Waals surface area (Å²) in [4.78, 5) is 6.31. The van der Waals surface area contributed by atoms with Gasteiger partial charge in [0.05, 0.1) is 0 Å². The maximum absolute atomic E-state index is 13.6. The highest BCUT2D eigenvalue weighted by Gasteiger charge is 2.03. The largest absolute Gasteiger partial charge is 0.352 e. The SMILES string of the molecule is CN=C(NCc1ccc(CN(C)C)cc1)NCc1ccccc1F.I. The molecule has 0 atom stereocenters. The zero-order chi connectivity index (χ0) is 17.4. The van der Waals surface area contributed by atoms with Crippen LogP contribution in [0, 0.1) is 5.82 Å². The van der Waals surface area contributed by atoms with Gasteiger partial charge in [-0.3, -0.25) is 4.99 Å². The van der Waals surface area contributed by atoms with Gasteiger partial charge in [-0.1, -0.05) is 42.5 Å². The molecule has 25 heavy (non-hydrogen) atoms. The van der Waals surface area contributed by atoms with Crippen LogP contribution in [0.2, 0.25) is 0 Å². The Hall–Kier alpha value is -1.67.